The summed E-state index contributed by atoms with van der Waals surface area (Å²) in [5.74, 6) is 0.00385. The smallest absolute Gasteiger partial charge is 0.311 e. The molecule has 2 aromatic carbocycles. The standard InChI is InChI=1S/C23H32BO5P/c1-17-21(26-14-18-10-6-4-7-11-18)22(27-15-19-12-8-5-9-13-19)20(16-28-24(2)30)29-23(17)25-3/h4-13,17,20-23H,14-16,30H2,1-3H3/t17?,20?,21-,22+,23-/m1/s1. The molecule has 1 saturated heterocycles. The number of hydrogen-bond acceptors (Lipinski definition) is 5. The van der Waals surface area contributed by atoms with Gasteiger partial charge in [0.2, 0.25) is 0 Å². The van der Waals surface area contributed by atoms with E-state index in [0.29, 0.717) is 19.8 Å². The normalized spacial score (nSPS) is 26.5. The van der Waals surface area contributed by atoms with Crippen LogP contribution < -0.4 is 0 Å². The summed E-state index contributed by atoms with van der Waals surface area (Å²) in [4.78, 5) is 0. The van der Waals surface area contributed by atoms with Crippen LogP contribution in [0.4, 0.5) is 0 Å². The number of benzene rings is 2. The molecule has 162 valence electrons. The number of methoxy groups -OCH3 is 1. The van der Waals surface area contributed by atoms with E-state index in [9.17, 15) is 0 Å². The Hall–Kier alpha value is -1.27. The van der Waals surface area contributed by atoms with Crippen molar-refractivity contribution in [1.29, 1.82) is 0 Å². The van der Waals surface area contributed by atoms with E-state index in [1.165, 1.54) is 0 Å². The summed E-state index contributed by atoms with van der Waals surface area (Å²) in [6, 6.07) is 20.3. The Kier molecular flexibility index (Phi) is 9.32. The molecule has 0 amide bonds. The van der Waals surface area contributed by atoms with Crippen molar-refractivity contribution in [2.24, 2.45) is 5.92 Å². The van der Waals surface area contributed by atoms with Crippen LogP contribution in [-0.2, 0) is 36.8 Å². The maximum absolute atomic E-state index is 6.41. The van der Waals surface area contributed by atoms with Crippen molar-refractivity contribution in [3.05, 3.63) is 71.8 Å². The quantitative estimate of drug-likeness (QED) is 0.418. The fourth-order valence-electron chi connectivity index (χ4n) is 3.67. The minimum atomic E-state index is -0.379. The molecule has 7 heteroatoms. The molecule has 0 N–H and O–H groups in total. The highest BCUT2D eigenvalue weighted by Crippen LogP contribution is 2.32. The van der Waals surface area contributed by atoms with Crippen LogP contribution in [0.5, 0.6) is 0 Å². The van der Waals surface area contributed by atoms with E-state index in [2.05, 4.69) is 40.3 Å². The Morgan fingerprint density at radius 1 is 0.900 bits per heavy atom. The molecule has 3 rings (SSSR count). The number of rotatable bonds is 10. The van der Waals surface area contributed by atoms with Crippen LogP contribution in [0, 0.1) is 5.92 Å². The summed E-state index contributed by atoms with van der Waals surface area (Å²) < 4.78 is 30.5. The van der Waals surface area contributed by atoms with E-state index in [-0.39, 0.29) is 37.2 Å². The van der Waals surface area contributed by atoms with E-state index < -0.39 is 0 Å². The van der Waals surface area contributed by atoms with Gasteiger partial charge in [0.05, 0.1) is 25.9 Å². The number of ether oxygens (including phenoxy) is 4. The van der Waals surface area contributed by atoms with Crippen LogP contribution in [-0.4, -0.2) is 45.0 Å². The van der Waals surface area contributed by atoms with Gasteiger partial charge in [0.15, 0.2) is 6.29 Å². The first-order valence-electron chi connectivity index (χ1n) is 10.4. The topological polar surface area (TPSA) is 46.2 Å². The van der Waals surface area contributed by atoms with E-state index in [4.69, 9.17) is 23.6 Å². The third kappa shape index (κ3) is 6.62. The first-order valence-corrected chi connectivity index (χ1v) is 11.1. The van der Waals surface area contributed by atoms with Gasteiger partial charge in [0.25, 0.3) is 0 Å². The second kappa shape index (κ2) is 11.9. The van der Waals surface area contributed by atoms with Crippen molar-refractivity contribution >= 4 is 15.8 Å². The van der Waals surface area contributed by atoms with Crippen LogP contribution in [0.25, 0.3) is 0 Å². The summed E-state index contributed by atoms with van der Waals surface area (Å²) in [6.07, 6.45) is -1.14. The van der Waals surface area contributed by atoms with Crippen LogP contribution in [0.1, 0.15) is 18.1 Å². The van der Waals surface area contributed by atoms with E-state index in [1.807, 2.05) is 43.2 Å². The van der Waals surface area contributed by atoms with Gasteiger partial charge in [-0.1, -0.05) is 74.4 Å². The largest absolute Gasteiger partial charge is 0.429 e. The van der Waals surface area contributed by atoms with Gasteiger partial charge in [0, 0.05) is 13.0 Å². The number of hydrogen-bond donors (Lipinski definition) is 0. The maximum atomic E-state index is 6.41. The summed E-state index contributed by atoms with van der Waals surface area (Å²) in [5, 5.41) is 0. The van der Waals surface area contributed by atoms with Crippen molar-refractivity contribution in [2.75, 3.05) is 13.7 Å². The van der Waals surface area contributed by atoms with Crippen LogP contribution >= 0.6 is 9.12 Å². The first kappa shape index (κ1) is 23.4. The molecule has 0 saturated carbocycles. The molecule has 1 fully saturated rings. The van der Waals surface area contributed by atoms with Crippen LogP contribution in [0.2, 0.25) is 6.82 Å². The summed E-state index contributed by atoms with van der Waals surface area (Å²) in [5.41, 5.74) is 2.23. The minimum Gasteiger partial charge on any atom is -0.429 e. The highest BCUT2D eigenvalue weighted by atomic mass is 31.0. The Labute approximate surface area is 182 Å². The van der Waals surface area contributed by atoms with Gasteiger partial charge in [-0.2, -0.15) is 0 Å². The lowest BCUT2D eigenvalue weighted by atomic mass is 9.91. The fraction of sp³-hybridized carbons (Fsp3) is 0.478. The molecule has 2 aromatic rings. The van der Waals surface area contributed by atoms with Gasteiger partial charge in [-0.25, -0.2) is 0 Å². The monoisotopic (exact) mass is 430 g/mol. The van der Waals surface area contributed by atoms with Crippen molar-refractivity contribution < 1.29 is 23.6 Å². The molecule has 0 bridgehead atoms. The first-order chi connectivity index (χ1) is 14.6. The summed E-state index contributed by atoms with van der Waals surface area (Å²) in [6.45, 7) is 5.47. The summed E-state index contributed by atoms with van der Waals surface area (Å²) >= 11 is 0. The lowest BCUT2D eigenvalue weighted by molar-refractivity contribution is -0.292. The van der Waals surface area contributed by atoms with Gasteiger partial charge < -0.3 is 23.6 Å². The minimum absolute atomic E-state index is 0.00385. The molecule has 0 radical (unpaired) electrons. The average Bonchev–Trinajstić information content (AvgIpc) is 2.77. The average molecular weight is 430 g/mol. The van der Waals surface area contributed by atoms with E-state index in [0.717, 1.165) is 11.1 Å². The summed E-state index contributed by atoms with van der Waals surface area (Å²) in [7, 11) is 4.31. The molecular formula is C23H32BO5P. The van der Waals surface area contributed by atoms with Crippen molar-refractivity contribution in [2.45, 2.75) is 51.6 Å². The predicted octanol–water partition coefficient (Wildman–Crippen LogP) is 4.17. The van der Waals surface area contributed by atoms with Gasteiger partial charge in [-0.3, -0.25) is 0 Å². The third-order valence-electron chi connectivity index (χ3n) is 5.27. The Balaban J connectivity index is 1.77. The lowest BCUT2D eigenvalue weighted by Gasteiger charge is -2.45. The Morgan fingerprint density at radius 2 is 1.43 bits per heavy atom. The molecule has 0 spiro atoms. The molecule has 1 aliphatic heterocycles. The Morgan fingerprint density at radius 3 is 1.93 bits per heavy atom. The predicted molar refractivity (Wildman–Crippen MR) is 122 cm³/mol. The fourth-order valence-corrected chi connectivity index (χ4v) is 3.78. The molecule has 5 nitrogen and oxygen atoms in total. The second-order valence-corrected chi connectivity index (χ2v) is 8.64. The molecule has 1 heterocycles. The molecule has 1 aliphatic rings. The molecule has 6 atom stereocenters. The second-order valence-electron chi connectivity index (χ2n) is 7.70. The SMILES string of the molecule is CO[C@@H]1OC(COB(C)P)[C@H](OCc2ccccc2)[C@H](OCc2ccccc2)C1C. The van der Waals surface area contributed by atoms with Crippen LogP contribution in [0.3, 0.4) is 0 Å². The van der Waals surface area contributed by atoms with Crippen molar-refractivity contribution in [3.63, 3.8) is 0 Å². The zero-order valence-electron chi connectivity index (χ0n) is 18.0. The molecule has 3 unspecified atom stereocenters. The van der Waals surface area contributed by atoms with Crippen molar-refractivity contribution in [3.8, 4) is 0 Å². The zero-order chi connectivity index (χ0) is 21.3. The highest BCUT2D eigenvalue weighted by Gasteiger charge is 2.45. The maximum Gasteiger partial charge on any atom is 0.311 e. The third-order valence-corrected chi connectivity index (χ3v) is 5.47. The van der Waals surface area contributed by atoms with Gasteiger partial charge >= 0.3 is 6.64 Å². The zero-order valence-corrected chi connectivity index (χ0v) is 19.1. The Bertz CT molecular complexity index is 733. The van der Waals surface area contributed by atoms with Gasteiger partial charge in [0.1, 0.15) is 12.2 Å². The van der Waals surface area contributed by atoms with E-state index in [1.54, 1.807) is 7.11 Å². The molecular weight excluding hydrogens is 398 g/mol. The van der Waals surface area contributed by atoms with Crippen molar-refractivity contribution in [1.82, 2.24) is 0 Å². The lowest BCUT2D eigenvalue weighted by Crippen LogP contribution is -2.57. The van der Waals surface area contributed by atoms with E-state index >= 15 is 0 Å². The van der Waals surface area contributed by atoms with Gasteiger partial charge in [-0.05, 0) is 11.1 Å². The molecule has 0 aromatic heterocycles. The van der Waals surface area contributed by atoms with Crippen LogP contribution in [0.15, 0.2) is 60.7 Å². The van der Waals surface area contributed by atoms with Gasteiger partial charge in [-0.15, -0.1) is 9.12 Å². The highest BCUT2D eigenvalue weighted by molar-refractivity contribution is 7.60. The molecule has 0 aliphatic carbocycles. The molecule has 30 heavy (non-hydrogen) atoms.